The Balaban J connectivity index is 2.01. The number of halogens is 1. The van der Waals surface area contributed by atoms with Crippen LogP contribution in [0.1, 0.15) is 21.5 Å². The largest absolute Gasteiger partial charge is 0.381 e. The predicted molar refractivity (Wildman–Crippen MR) is 81.2 cm³/mol. The third-order valence-electron chi connectivity index (χ3n) is 2.89. The molecule has 3 N–H and O–H groups in total. The van der Waals surface area contributed by atoms with Gasteiger partial charge in [0.2, 0.25) is 5.91 Å². The van der Waals surface area contributed by atoms with Crippen molar-refractivity contribution in [1.29, 1.82) is 0 Å². The first-order chi connectivity index (χ1) is 9.06. The number of amides is 1. The number of hydrogen-bond acceptors (Lipinski definition) is 2. The Hall–Kier alpha value is -1.81. The average molecular weight is 319 g/mol. The highest BCUT2D eigenvalue weighted by Crippen LogP contribution is 2.18. The summed E-state index contributed by atoms with van der Waals surface area (Å²) in [6.07, 6.45) is 0. The summed E-state index contributed by atoms with van der Waals surface area (Å²) in [5.74, 6) is -0.407. The van der Waals surface area contributed by atoms with Gasteiger partial charge in [0.15, 0.2) is 0 Å². The molecular formula is C15H15BrN2O. The minimum absolute atomic E-state index is 0.407. The topological polar surface area (TPSA) is 55.1 Å². The van der Waals surface area contributed by atoms with Gasteiger partial charge >= 0.3 is 0 Å². The van der Waals surface area contributed by atoms with Crippen molar-refractivity contribution in [3.05, 3.63) is 63.6 Å². The number of benzene rings is 2. The molecule has 0 fully saturated rings. The van der Waals surface area contributed by atoms with Crippen molar-refractivity contribution in [2.75, 3.05) is 5.32 Å². The molecule has 2 rings (SSSR count). The van der Waals surface area contributed by atoms with Crippen LogP contribution < -0.4 is 11.1 Å². The van der Waals surface area contributed by atoms with Crippen LogP contribution in [0.25, 0.3) is 0 Å². The molecule has 2 aromatic carbocycles. The molecular weight excluding hydrogens is 304 g/mol. The molecule has 0 aromatic heterocycles. The van der Waals surface area contributed by atoms with Gasteiger partial charge < -0.3 is 11.1 Å². The Bertz CT molecular complexity index is 594. The average Bonchev–Trinajstić information content (AvgIpc) is 2.40. The molecule has 1 amide bonds. The number of aryl methyl sites for hydroxylation is 1. The van der Waals surface area contributed by atoms with Crippen molar-refractivity contribution in [3.63, 3.8) is 0 Å². The van der Waals surface area contributed by atoms with Gasteiger partial charge in [-0.25, -0.2) is 0 Å². The van der Waals surface area contributed by atoms with Crippen LogP contribution in [-0.4, -0.2) is 5.91 Å². The summed E-state index contributed by atoms with van der Waals surface area (Å²) in [4.78, 5) is 11.0. The zero-order valence-electron chi connectivity index (χ0n) is 10.6. The molecule has 0 aliphatic rings. The lowest BCUT2D eigenvalue weighted by atomic mass is 10.1. The van der Waals surface area contributed by atoms with Gasteiger partial charge in [0.1, 0.15) is 0 Å². The van der Waals surface area contributed by atoms with Crippen molar-refractivity contribution in [1.82, 2.24) is 0 Å². The summed E-state index contributed by atoms with van der Waals surface area (Å²) >= 11 is 3.48. The van der Waals surface area contributed by atoms with Crippen LogP contribution in [0.15, 0.2) is 46.9 Å². The fourth-order valence-corrected chi connectivity index (χ4v) is 2.02. The van der Waals surface area contributed by atoms with Gasteiger partial charge in [-0.2, -0.15) is 0 Å². The van der Waals surface area contributed by atoms with Crippen molar-refractivity contribution in [3.8, 4) is 0 Å². The summed E-state index contributed by atoms with van der Waals surface area (Å²) in [5.41, 5.74) is 9.10. The number of rotatable bonds is 4. The zero-order valence-corrected chi connectivity index (χ0v) is 12.2. The highest BCUT2D eigenvalue weighted by molar-refractivity contribution is 9.10. The lowest BCUT2D eigenvalue weighted by molar-refractivity contribution is 0.100. The van der Waals surface area contributed by atoms with Crippen LogP contribution in [0.3, 0.4) is 0 Å². The summed E-state index contributed by atoms with van der Waals surface area (Å²) in [6, 6.07) is 13.4. The molecule has 0 saturated heterocycles. The van der Waals surface area contributed by atoms with Crippen LogP contribution in [0.4, 0.5) is 5.69 Å². The van der Waals surface area contributed by atoms with E-state index in [1.54, 1.807) is 12.1 Å². The number of hydrogen-bond donors (Lipinski definition) is 2. The number of anilines is 1. The number of nitrogens with two attached hydrogens (primary N) is 1. The minimum atomic E-state index is -0.407. The predicted octanol–water partition coefficient (Wildman–Crippen LogP) is 3.47. The maximum absolute atomic E-state index is 11.0. The first-order valence-corrected chi connectivity index (χ1v) is 6.74. The fourth-order valence-electron chi connectivity index (χ4n) is 1.77. The van der Waals surface area contributed by atoms with E-state index in [4.69, 9.17) is 5.73 Å². The van der Waals surface area contributed by atoms with E-state index in [0.29, 0.717) is 5.56 Å². The van der Waals surface area contributed by atoms with E-state index in [0.717, 1.165) is 16.7 Å². The minimum Gasteiger partial charge on any atom is -0.381 e. The fraction of sp³-hybridized carbons (Fsp3) is 0.133. The Labute approximate surface area is 121 Å². The normalized spacial score (nSPS) is 10.2. The maximum atomic E-state index is 11.0. The molecule has 0 spiro atoms. The van der Waals surface area contributed by atoms with Crippen LogP contribution in [0.5, 0.6) is 0 Å². The number of carbonyl (C=O) groups is 1. The molecule has 0 radical (unpaired) electrons. The van der Waals surface area contributed by atoms with Gasteiger partial charge in [-0.05, 0) is 48.4 Å². The van der Waals surface area contributed by atoms with E-state index in [1.807, 2.05) is 18.2 Å². The highest BCUT2D eigenvalue weighted by Gasteiger charge is 2.00. The van der Waals surface area contributed by atoms with Gasteiger partial charge in [0.05, 0.1) is 0 Å². The SMILES string of the molecule is Cc1cc(CNc2ccc(C(N)=O)cc2)ccc1Br. The van der Waals surface area contributed by atoms with E-state index in [9.17, 15) is 4.79 Å². The summed E-state index contributed by atoms with van der Waals surface area (Å²) < 4.78 is 1.11. The van der Waals surface area contributed by atoms with E-state index in [2.05, 4.69) is 40.3 Å². The molecule has 4 heteroatoms. The highest BCUT2D eigenvalue weighted by atomic mass is 79.9. The molecule has 0 aliphatic heterocycles. The van der Waals surface area contributed by atoms with Crippen molar-refractivity contribution >= 4 is 27.5 Å². The quantitative estimate of drug-likeness (QED) is 0.906. The molecule has 3 nitrogen and oxygen atoms in total. The molecule has 0 atom stereocenters. The zero-order chi connectivity index (χ0) is 13.8. The number of nitrogens with one attached hydrogen (secondary N) is 1. The first-order valence-electron chi connectivity index (χ1n) is 5.95. The molecule has 0 bridgehead atoms. The summed E-state index contributed by atoms with van der Waals surface area (Å²) in [7, 11) is 0. The summed E-state index contributed by atoms with van der Waals surface area (Å²) in [5, 5.41) is 3.31. The molecule has 0 saturated carbocycles. The third kappa shape index (κ3) is 3.58. The van der Waals surface area contributed by atoms with Crippen molar-refractivity contribution in [2.45, 2.75) is 13.5 Å². The van der Waals surface area contributed by atoms with Gasteiger partial charge in [0, 0.05) is 22.3 Å². The second-order valence-corrected chi connectivity index (χ2v) is 5.23. The van der Waals surface area contributed by atoms with E-state index in [1.165, 1.54) is 11.1 Å². The molecule has 19 heavy (non-hydrogen) atoms. The third-order valence-corrected chi connectivity index (χ3v) is 3.78. The molecule has 0 unspecified atom stereocenters. The maximum Gasteiger partial charge on any atom is 0.248 e. The lowest BCUT2D eigenvalue weighted by Gasteiger charge is -2.08. The second kappa shape index (κ2) is 5.89. The van der Waals surface area contributed by atoms with Gasteiger partial charge in [-0.3, -0.25) is 4.79 Å². The van der Waals surface area contributed by atoms with Gasteiger partial charge in [0.25, 0.3) is 0 Å². The Morgan fingerprint density at radius 2 is 1.89 bits per heavy atom. The molecule has 2 aromatic rings. The summed E-state index contributed by atoms with van der Waals surface area (Å²) in [6.45, 7) is 2.80. The van der Waals surface area contributed by atoms with Crippen LogP contribution in [0, 0.1) is 6.92 Å². The van der Waals surface area contributed by atoms with Crippen LogP contribution in [0.2, 0.25) is 0 Å². The molecule has 0 heterocycles. The number of carbonyl (C=O) groups excluding carboxylic acids is 1. The van der Waals surface area contributed by atoms with Gasteiger partial charge in [-0.15, -0.1) is 0 Å². The van der Waals surface area contributed by atoms with E-state index >= 15 is 0 Å². The monoisotopic (exact) mass is 318 g/mol. The van der Waals surface area contributed by atoms with E-state index < -0.39 is 5.91 Å². The lowest BCUT2D eigenvalue weighted by Crippen LogP contribution is -2.10. The van der Waals surface area contributed by atoms with Crippen molar-refractivity contribution < 1.29 is 4.79 Å². The Morgan fingerprint density at radius 3 is 2.47 bits per heavy atom. The standard InChI is InChI=1S/C15H15BrN2O/c1-10-8-11(2-7-14(10)16)9-18-13-5-3-12(4-6-13)15(17)19/h2-8,18H,9H2,1H3,(H2,17,19). The van der Waals surface area contributed by atoms with E-state index in [-0.39, 0.29) is 0 Å². The second-order valence-electron chi connectivity index (χ2n) is 4.38. The Morgan fingerprint density at radius 1 is 1.21 bits per heavy atom. The Kier molecular flexibility index (Phi) is 4.22. The first kappa shape index (κ1) is 13.6. The van der Waals surface area contributed by atoms with Crippen molar-refractivity contribution in [2.24, 2.45) is 5.73 Å². The van der Waals surface area contributed by atoms with Crippen LogP contribution in [-0.2, 0) is 6.54 Å². The smallest absolute Gasteiger partial charge is 0.248 e. The number of primary amides is 1. The molecule has 98 valence electrons. The molecule has 0 aliphatic carbocycles. The van der Waals surface area contributed by atoms with Gasteiger partial charge in [-0.1, -0.05) is 28.1 Å². The van der Waals surface area contributed by atoms with Crippen LogP contribution >= 0.6 is 15.9 Å².